The highest BCUT2D eigenvalue weighted by Gasteiger charge is 2.23. The fourth-order valence-electron chi connectivity index (χ4n) is 4.30. The summed E-state index contributed by atoms with van der Waals surface area (Å²) in [5.41, 5.74) is 6.26. The molecule has 0 aliphatic carbocycles. The van der Waals surface area contributed by atoms with Crippen LogP contribution in [0.4, 0.5) is 22.0 Å². The van der Waals surface area contributed by atoms with Crippen LogP contribution in [0.15, 0.2) is 73.1 Å². The molecule has 3 heterocycles. The summed E-state index contributed by atoms with van der Waals surface area (Å²) in [6, 6.07) is 20.1. The molecule has 0 atom stereocenters. The van der Waals surface area contributed by atoms with Crippen molar-refractivity contribution in [2.24, 2.45) is 0 Å². The second-order valence-electron chi connectivity index (χ2n) is 9.77. The van der Waals surface area contributed by atoms with Gasteiger partial charge in [-0.1, -0.05) is 51.1 Å². The number of nitrogens with zero attached hydrogens (tertiary/aromatic N) is 3. The van der Waals surface area contributed by atoms with E-state index in [1.54, 1.807) is 6.20 Å². The normalized spacial score (nSPS) is 13.4. The van der Waals surface area contributed by atoms with Crippen LogP contribution in [0.5, 0.6) is 0 Å². The topological polar surface area (TPSA) is 70.2 Å². The molecule has 0 saturated carbocycles. The van der Waals surface area contributed by atoms with Gasteiger partial charge in [0.25, 0.3) is 0 Å². The van der Waals surface area contributed by atoms with Crippen LogP contribution in [0, 0.1) is 0 Å². The molecule has 0 saturated heterocycles. The van der Waals surface area contributed by atoms with Crippen LogP contribution in [0.3, 0.4) is 0 Å². The zero-order valence-electron chi connectivity index (χ0n) is 19.8. The molecule has 1 aliphatic rings. The smallest absolute Gasteiger partial charge is 0.322 e. The molecule has 4 aromatic rings. The van der Waals surface area contributed by atoms with Gasteiger partial charge in [-0.25, -0.2) is 9.78 Å². The summed E-state index contributed by atoms with van der Waals surface area (Å²) in [6.07, 6.45) is 4.36. The minimum absolute atomic E-state index is 0.0841. The Labute approximate surface area is 200 Å². The number of nitrogens with one attached hydrogen (secondary N) is 2. The highest BCUT2D eigenvalue weighted by atomic mass is 16.2. The van der Waals surface area contributed by atoms with Crippen molar-refractivity contribution >= 4 is 34.1 Å². The lowest BCUT2D eigenvalue weighted by atomic mass is 9.87. The van der Waals surface area contributed by atoms with E-state index >= 15 is 0 Å². The fraction of sp³-hybridized carbons (Fsp3) is 0.250. The minimum atomic E-state index is -0.0841. The van der Waals surface area contributed by atoms with Crippen LogP contribution >= 0.6 is 0 Å². The number of anilines is 3. The third-order valence-corrected chi connectivity index (χ3v) is 6.29. The standard InChI is InChI=1S/C28H29N5O/c1-28(2,3)21-8-10-22(11-9-21)32-27(34)33-15-13-24-20(18-33)12-14-29-26(24)31-23-16-19-6-4-5-7-25(19)30-17-23/h4-12,14,16-17H,13,15,18H2,1-3H3,(H,29,31)(H,32,34). The van der Waals surface area contributed by atoms with E-state index in [-0.39, 0.29) is 11.4 Å². The number of para-hydroxylation sites is 1. The monoisotopic (exact) mass is 451 g/mol. The molecule has 5 rings (SSSR count). The van der Waals surface area contributed by atoms with Crippen molar-refractivity contribution in [2.75, 3.05) is 17.2 Å². The highest BCUT2D eigenvalue weighted by molar-refractivity contribution is 5.89. The Bertz CT molecular complexity index is 1340. The molecule has 0 fully saturated rings. The van der Waals surface area contributed by atoms with E-state index in [2.05, 4.69) is 65.6 Å². The van der Waals surface area contributed by atoms with Gasteiger partial charge in [0.15, 0.2) is 0 Å². The summed E-state index contributed by atoms with van der Waals surface area (Å²) >= 11 is 0. The maximum Gasteiger partial charge on any atom is 0.322 e. The number of benzene rings is 2. The zero-order valence-corrected chi connectivity index (χ0v) is 19.8. The van der Waals surface area contributed by atoms with Crippen molar-refractivity contribution in [2.45, 2.75) is 39.2 Å². The van der Waals surface area contributed by atoms with Gasteiger partial charge in [0.1, 0.15) is 5.82 Å². The summed E-state index contributed by atoms with van der Waals surface area (Å²) < 4.78 is 0. The summed E-state index contributed by atoms with van der Waals surface area (Å²) in [7, 11) is 0. The zero-order chi connectivity index (χ0) is 23.7. The molecular formula is C28H29N5O. The van der Waals surface area contributed by atoms with Gasteiger partial charge in [-0.15, -0.1) is 0 Å². The van der Waals surface area contributed by atoms with Gasteiger partial charge in [-0.05, 0) is 53.3 Å². The first-order valence-electron chi connectivity index (χ1n) is 11.6. The van der Waals surface area contributed by atoms with Crippen molar-refractivity contribution in [3.05, 3.63) is 89.7 Å². The van der Waals surface area contributed by atoms with E-state index in [1.165, 1.54) is 5.56 Å². The van der Waals surface area contributed by atoms with Crippen molar-refractivity contribution in [1.29, 1.82) is 0 Å². The highest BCUT2D eigenvalue weighted by Crippen LogP contribution is 2.28. The number of pyridine rings is 2. The molecule has 6 heteroatoms. The second-order valence-corrected chi connectivity index (χ2v) is 9.77. The molecule has 2 aromatic carbocycles. The Balaban J connectivity index is 1.29. The Hall–Kier alpha value is -3.93. The number of fused-ring (bicyclic) bond motifs is 2. The van der Waals surface area contributed by atoms with Gasteiger partial charge in [0.05, 0.1) is 17.4 Å². The summed E-state index contributed by atoms with van der Waals surface area (Å²) in [5.74, 6) is 0.826. The van der Waals surface area contributed by atoms with Crippen LogP contribution < -0.4 is 10.6 Å². The van der Waals surface area contributed by atoms with E-state index in [0.717, 1.165) is 45.6 Å². The first kappa shape index (κ1) is 21.9. The molecule has 0 unspecified atom stereocenters. The maximum absolute atomic E-state index is 12.9. The van der Waals surface area contributed by atoms with Crippen molar-refractivity contribution < 1.29 is 4.79 Å². The van der Waals surface area contributed by atoms with Gasteiger partial charge in [-0.3, -0.25) is 4.98 Å². The van der Waals surface area contributed by atoms with Gasteiger partial charge in [-0.2, -0.15) is 0 Å². The van der Waals surface area contributed by atoms with E-state index in [1.807, 2.05) is 47.5 Å². The van der Waals surface area contributed by atoms with Crippen LogP contribution in [0.2, 0.25) is 0 Å². The molecule has 34 heavy (non-hydrogen) atoms. The predicted molar refractivity (Wildman–Crippen MR) is 138 cm³/mol. The first-order valence-corrected chi connectivity index (χ1v) is 11.6. The number of rotatable bonds is 3. The van der Waals surface area contributed by atoms with E-state index < -0.39 is 0 Å². The third kappa shape index (κ3) is 4.57. The van der Waals surface area contributed by atoms with Gasteiger partial charge >= 0.3 is 6.03 Å². The van der Waals surface area contributed by atoms with Gasteiger partial charge in [0.2, 0.25) is 0 Å². The minimum Gasteiger partial charge on any atom is -0.339 e. The van der Waals surface area contributed by atoms with Crippen LogP contribution in [0.1, 0.15) is 37.5 Å². The molecule has 6 nitrogen and oxygen atoms in total. The average molecular weight is 452 g/mol. The van der Waals surface area contributed by atoms with Gasteiger partial charge in [0, 0.05) is 35.9 Å². The molecule has 2 amide bonds. The Morgan fingerprint density at radius 2 is 1.76 bits per heavy atom. The lowest BCUT2D eigenvalue weighted by Gasteiger charge is -2.30. The van der Waals surface area contributed by atoms with E-state index in [4.69, 9.17) is 0 Å². The molecule has 1 aliphatic heterocycles. The number of carbonyl (C=O) groups is 1. The van der Waals surface area contributed by atoms with Gasteiger partial charge < -0.3 is 15.5 Å². The molecule has 0 spiro atoms. The van der Waals surface area contributed by atoms with Crippen LogP contribution in [-0.2, 0) is 18.4 Å². The van der Waals surface area contributed by atoms with Crippen LogP contribution in [0.25, 0.3) is 10.9 Å². The first-order chi connectivity index (χ1) is 16.4. The fourth-order valence-corrected chi connectivity index (χ4v) is 4.30. The molecule has 2 N–H and O–H groups in total. The molecule has 0 radical (unpaired) electrons. The summed E-state index contributed by atoms with van der Waals surface area (Å²) in [6.45, 7) is 7.73. The molecular weight excluding hydrogens is 422 g/mol. The van der Waals surface area contributed by atoms with E-state index in [9.17, 15) is 4.79 Å². The quantitative estimate of drug-likeness (QED) is 0.386. The second kappa shape index (κ2) is 8.78. The van der Waals surface area contributed by atoms with Crippen LogP contribution in [-0.4, -0.2) is 27.4 Å². The number of hydrogen-bond acceptors (Lipinski definition) is 4. The number of amides is 2. The summed E-state index contributed by atoms with van der Waals surface area (Å²) in [5, 5.41) is 7.55. The number of urea groups is 1. The summed E-state index contributed by atoms with van der Waals surface area (Å²) in [4.78, 5) is 23.9. The van der Waals surface area contributed by atoms with Crippen molar-refractivity contribution in [1.82, 2.24) is 14.9 Å². The Kier molecular flexibility index (Phi) is 5.65. The Morgan fingerprint density at radius 1 is 0.971 bits per heavy atom. The Morgan fingerprint density at radius 3 is 2.56 bits per heavy atom. The average Bonchev–Trinajstić information content (AvgIpc) is 2.83. The third-order valence-electron chi connectivity index (χ3n) is 6.29. The molecule has 172 valence electrons. The largest absolute Gasteiger partial charge is 0.339 e. The molecule has 0 bridgehead atoms. The number of carbonyl (C=O) groups excluding carboxylic acids is 1. The van der Waals surface area contributed by atoms with Crippen molar-refractivity contribution in [3.8, 4) is 0 Å². The maximum atomic E-state index is 12.9. The SMILES string of the molecule is CC(C)(C)c1ccc(NC(=O)N2CCc3c(ccnc3Nc3cnc4ccccc4c3)C2)cc1. The lowest BCUT2D eigenvalue weighted by Crippen LogP contribution is -2.39. The van der Waals surface area contributed by atoms with E-state index in [0.29, 0.717) is 13.1 Å². The number of aromatic nitrogens is 2. The number of hydrogen-bond donors (Lipinski definition) is 2. The predicted octanol–water partition coefficient (Wildman–Crippen LogP) is 6.26. The molecule has 2 aromatic heterocycles. The van der Waals surface area contributed by atoms with Crippen molar-refractivity contribution in [3.63, 3.8) is 0 Å². The lowest BCUT2D eigenvalue weighted by molar-refractivity contribution is 0.206.